The third-order valence-electron chi connectivity index (χ3n) is 6.04. The molecule has 158 valence electrons. The summed E-state index contributed by atoms with van der Waals surface area (Å²) >= 11 is 0. The lowest BCUT2D eigenvalue weighted by molar-refractivity contribution is 0.627. The summed E-state index contributed by atoms with van der Waals surface area (Å²) in [7, 11) is 0. The lowest BCUT2D eigenvalue weighted by Gasteiger charge is -2.09. The topological polar surface area (TPSA) is 17.0 Å². The Morgan fingerprint density at radius 3 is 1.94 bits per heavy atom. The average molecular weight is 429 g/mol. The van der Waals surface area contributed by atoms with Gasteiger partial charge < -0.3 is 9.88 Å². The molecule has 0 saturated heterocycles. The maximum atomic E-state index is 13.5. The molecule has 1 heterocycles. The fourth-order valence-electron chi connectivity index (χ4n) is 4.45. The lowest BCUT2D eigenvalue weighted by atomic mass is 10.0. The fraction of sp³-hybridized carbons (Fsp3) is 0. The number of hydrogen-bond acceptors (Lipinski definition) is 1. The van der Waals surface area contributed by atoms with Crippen LogP contribution in [0.5, 0.6) is 0 Å². The number of aromatic nitrogens is 1. The van der Waals surface area contributed by atoms with E-state index in [2.05, 4.69) is 82.7 Å². The number of hydrogen-bond donors (Lipinski definition) is 1. The smallest absolute Gasteiger partial charge is 0.123 e. The van der Waals surface area contributed by atoms with Gasteiger partial charge in [-0.15, -0.1) is 0 Å². The minimum Gasteiger partial charge on any atom is -0.356 e. The average Bonchev–Trinajstić information content (AvgIpc) is 3.19. The van der Waals surface area contributed by atoms with Crippen molar-refractivity contribution in [2.24, 2.45) is 0 Å². The Kier molecular flexibility index (Phi) is 4.66. The number of fused-ring (bicyclic) bond motifs is 3. The second-order valence-electron chi connectivity index (χ2n) is 8.13. The van der Waals surface area contributed by atoms with Gasteiger partial charge in [-0.25, -0.2) is 4.39 Å². The Morgan fingerprint density at radius 2 is 1.15 bits per heavy atom. The Labute approximate surface area is 191 Å². The van der Waals surface area contributed by atoms with Crippen LogP contribution in [0.15, 0.2) is 121 Å². The number of anilines is 2. The van der Waals surface area contributed by atoms with Crippen LogP contribution in [0.4, 0.5) is 15.8 Å². The zero-order valence-corrected chi connectivity index (χ0v) is 17.9. The van der Waals surface area contributed by atoms with E-state index in [9.17, 15) is 4.39 Å². The summed E-state index contributed by atoms with van der Waals surface area (Å²) in [6.45, 7) is 0. The quantitative estimate of drug-likeness (QED) is 0.299. The largest absolute Gasteiger partial charge is 0.356 e. The summed E-state index contributed by atoms with van der Waals surface area (Å²) in [6, 6.07) is 40.3. The maximum Gasteiger partial charge on any atom is 0.123 e. The van der Waals surface area contributed by atoms with E-state index in [4.69, 9.17) is 0 Å². The Morgan fingerprint density at radius 1 is 0.515 bits per heavy atom. The first-order valence-corrected chi connectivity index (χ1v) is 11.0. The number of benzene rings is 5. The van der Waals surface area contributed by atoms with Gasteiger partial charge in [0.15, 0.2) is 0 Å². The van der Waals surface area contributed by atoms with Gasteiger partial charge in [0.05, 0.1) is 11.0 Å². The highest BCUT2D eigenvalue weighted by Crippen LogP contribution is 2.35. The predicted molar refractivity (Wildman–Crippen MR) is 136 cm³/mol. The molecule has 0 radical (unpaired) electrons. The molecule has 6 aromatic rings. The molecule has 33 heavy (non-hydrogen) atoms. The highest BCUT2D eigenvalue weighted by Gasteiger charge is 2.13. The molecule has 5 aromatic carbocycles. The Balaban J connectivity index is 1.43. The predicted octanol–water partition coefficient (Wildman–Crippen LogP) is 8.33. The Bertz CT molecular complexity index is 1560. The van der Waals surface area contributed by atoms with Gasteiger partial charge in [-0.1, -0.05) is 54.6 Å². The van der Waals surface area contributed by atoms with Gasteiger partial charge in [0.25, 0.3) is 0 Å². The molecule has 0 saturated carbocycles. The molecule has 0 fully saturated rings. The number of rotatable bonds is 4. The van der Waals surface area contributed by atoms with Gasteiger partial charge in [0.2, 0.25) is 0 Å². The van der Waals surface area contributed by atoms with Crippen LogP contribution in [0.1, 0.15) is 0 Å². The molecule has 2 nitrogen and oxygen atoms in total. The lowest BCUT2D eigenvalue weighted by Crippen LogP contribution is -1.93. The van der Waals surface area contributed by atoms with Crippen molar-refractivity contribution in [3.63, 3.8) is 0 Å². The number of nitrogens with zero attached hydrogens (tertiary/aromatic N) is 1. The van der Waals surface area contributed by atoms with E-state index in [1.807, 2.05) is 36.4 Å². The van der Waals surface area contributed by atoms with Crippen molar-refractivity contribution in [1.29, 1.82) is 0 Å². The molecular formula is C30H21FN2. The molecule has 0 atom stereocenters. The van der Waals surface area contributed by atoms with Crippen molar-refractivity contribution in [2.75, 3.05) is 5.32 Å². The van der Waals surface area contributed by atoms with Crippen molar-refractivity contribution in [1.82, 2.24) is 4.57 Å². The van der Waals surface area contributed by atoms with Crippen molar-refractivity contribution >= 4 is 33.2 Å². The van der Waals surface area contributed by atoms with Crippen LogP contribution >= 0.6 is 0 Å². The monoisotopic (exact) mass is 428 g/mol. The van der Waals surface area contributed by atoms with Crippen molar-refractivity contribution in [3.8, 4) is 16.8 Å². The standard InChI is InChI=1S/C30H21FN2/c31-23-13-17-26(18-14-23)33-29-9-5-4-8-27(29)28-20-22(12-19-30(28)33)21-10-15-25(16-11-21)32-24-6-2-1-3-7-24/h1-20,32H. The van der Waals surface area contributed by atoms with Gasteiger partial charge in [-0.05, 0) is 77.9 Å². The van der Waals surface area contributed by atoms with Crippen LogP contribution < -0.4 is 5.32 Å². The third kappa shape index (κ3) is 3.54. The Hall–Kier alpha value is -4.37. The SMILES string of the molecule is Fc1ccc(-n2c3ccccc3c3cc(-c4ccc(Nc5ccccc5)cc4)ccc32)cc1. The van der Waals surface area contributed by atoms with Crippen LogP contribution in [-0.4, -0.2) is 4.57 Å². The van der Waals surface area contributed by atoms with E-state index in [-0.39, 0.29) is 5.82 Å². The van der Waals surface area contributed by atoms with Gasteiger partial charge in [-0.3, -0.25) is 0 Å². The summed E-state index contributed by atoms with van der Waals surface area (Å²) in [5, 5.41) is 5.79. The second kappa shape index (κ2) is 7.95. The molecule has 0 bridgehead atoms. The first kappa shape index (κ1) is 19.3. The molecule has 1 N–H and O–H groups in total. The van der Waals surface area contributed by atoms with E-state index in [0.29, 0.717) is 0 Å². The molecular weight excluding hydrogens is 407 g/mol. The third-order valence-corrected chi connectivity index (χ3v) is 6.04. The van der Waals surface area contributed by atoms with Crippen molar-refractivity contribution in [2.45, 2.75) is 0 Å². The van der Waals surface area contributed by atoms with Crippen LogP contribution in [0, 0.1) is 5.82 Å². The van der Waals surface area contributed by atoms with Crippen LogP contribution in [0.25, 0.3) is 38.6 Å². The number of halogens is 1. The van der Waals surface area contributed by atoms with E-state index in [0.717, 1.165) is 39.2 Å². The van der Waals surface area contributed by atoms with Gasteiger partial charge in [0, 0.05) is 27.8 Å². The van der Waals surface area contributed by atoms with Crippen molar-refractivity contribution in [3.05, 3.63) is 127 Å². The normalized spacial score (nSPS) is 11.2. The van der Waals surface area contributed by atoms with E-state index in [1.165, 1.54) is 22.9 Å². The summed E-state index contributed by atoms with van der Waals surface area (Å²) in [5.41, 5.74) is 7.61. The molecule has 0 aliphatic carbocycles. The van der Waals surface area contributed by atoms with Gasteiger partial charge in [-0.2, -0.15) is 0 Å². The second-order valence-corrected chi connectivity index (χ2v) is 8.13. The number of nitrogens with one attached hydrogen (secondary N) is 1. The first-order valence-electron chi connectivity index (χ1n) is 11.0. The molecule has 0 aliphatic heterocycles. The highest BCUT2D eigenvalue weighted by molar-refractivity contribution is 6.10. The fourth-order valence-corrected chi connectivity index (χ4v) is 4.45. The molecule has 6 rings (SSSR count). The zero-order valence-electron chi connectivity index (χ0n) is 17.9. The van der Waals surface area contributed by atoms with E-state index < -0.39 is 0 Å². The molecule has 1 aromatic heterocycles. The highest BCUT2D eigenvalue weighted by atomic mass is 19.1. The summed E-state index contributed by atoms with van der Waals surface area (Å²) in [4.78, 5) is 0. The van der Waals surface area contributed by atoms with E-state index >= 15 is 0 Å². The van der Waals surface area contributed by atoms with Crippen LogP contribution in [0.3, 0.4) is 0 Å². The summed E-state index contributed by atoms with van der Waals surface area (Å²) < 4.78 is 15.7. The van der Waals surface area contributed by atoms with Crippen LogP contribution in [-0.2, 0) is 0 Å². The van der Waals surface area contributed by atoms with Crippen LogP contribution in [0.2, 0.25) is 0 Å². The van der Waals surface area contributed by atoms with Gasteiger partial charge >= 0.3 is 0 Å². The summed E-state index contributed by atoms with van der Waals surface area (Å²) in [5.74, 6) is -0.230. The molecule has 0 aliphatic rings. The minimum absolute atomic E-state index is 0.230. The molecule has 3 heteroatoms. The minimum atomic E-state index is -0.230. The summed E-state index contributed by atoms with van der Waals surface area (Å²) in [6.07, 6.45) is 0. The zero-order chi connectivity index (χ0) is 22.2. The molecule has 0 unspecified atom stereocenters. The molecule has 0 spiro atoms. The maximum absolute atomic E-state index is 13.5. The number of para-hydroxylation sites is 2. The first-order chi connectivity index (χ1) is 16.3. The van der Waals surface area contributed by atoms with Gasteiger partial charge in [0.1, 0.15) is 5.82 Å². The van der Waals surface area contributed by atoms with Crippen molar-refractivity contribution < 1.29 is 4.39 Å². The molecule has 0 amide bonds. The van der Waals surface area contributed by atoms with E-state index in [1.54, 1.807) is 0 Å².